The lowest BCUT2D eigenvalue weighted by Crippen LogP contribution is -2.06. The van der Waals surface area contributed by atoms with Gasteiger partial charge in [0.2, 0.25) is 5.88 Å². The van der Waals surface area contributed by atoms with Gasteiger partial charge in [0.15, 0.2) is 5.82 Å². The Morgan fingerprint density at radius 2 is 2.08 bits per heavy atom. The molecule has 0 aliphatic rings. The van der Waals surface area contributed by atoms with Gasteiger partial charge in [-0.25, -0.2) is 9.78 Å². The molecule has 1 aromatic carbocycles. The van der Waals surface area contributed by atoms with Gasteiger partial charge in [-0.15, -0.1) is 0 Å². The number of ether oxygens (including phenoxy) is 1. The fourth-order valence-corrected chi connectivity index (χ4v) is 2.33. The van der Waals surface area contributed by atoms with Crippen LogP contribution < -0.4 is 4.74 Å². The van der Waals surface area contributed by atoms with Crippen molar-refractivity contribution in [1.82, 2.24) is 14.8 Å². The normalized spacial score (nSPS) is 10.6. The van der Waals surface area contributed by atoms with Crippen molar-refractivity contribution in [3.05, 3.63) is 70.5 Å². The summed E-state index contributed by atoms with van der Waals surface area (Å²) in [6.07, 6.45) is 2.98. The van der Waals surface area contributed by atoms with E-state index in [0.29, 0.717) is 23.3 Å². The molecule has 3 aromatic rings. The maximum atomic E-state index is 11.1. The van der Waals surface area contributed by atoms with E-state index in [1.165, 1.54) is 23.0 Å². The van der Waals surface area contributed by atoms with E-state index >= 15 is 0 Å². The number of aromatic carboxylic acids is 1. The van der Waals surface area contributed by atoms with Crippen molar-refractivity contribution in [3.63, 3.8) is 0 Å². The van der Waals surface area contributed by atoms with E-state index in [9.17, 15) is 4.79 Å². The van der Waals surface area contributed by atoms with Crippen molar-refractivity contribution in [3.8, 4) is 11.7 Å². The van der Waals surface area contributed by atoms with Crippen LogP contribution in [0.25, 0.3) is 5.82 Å². The number of pyridine rings is 1. The summed E-state index contributed by atoms with van der Waals surface area (Å²) in [5, 5.41) is 13.9. The third kappa shape index (κ3) is 3.38. The van der Waals surface area contributed by atoms with Crippen LogP contribution in [0.3, 0.4) is 0 Å². The number of carboxylic acid groups (broad SMARTS) is 1. The maximum Gasteiger partial charge on any atom is 0.335 e. The fourth-order valence-electron chi connectivity index (χ4n) is 2.12. The predicted molar refractivity (Wildman–Crippen MR) is 88.8 cm³/mol. The molecule has 1 N–H and O–H groups in total. The third-order valence-electron chi connectivity index (χ3n) is 3.44. The van der Waals surface area contributed by atoms with Gasteiger partial charge < -0.3 is 9.84 Å². The SMILES string of the molecule is Cc1ccc(COc2ccnn2-c2cc(C(=O)O)ccn2)cc1Cl. The van der Waals surface area contributed by atoms with Crippen LogP contribution in [-0.4, -0.2) is 25.8 Å². The molecule has 0 fully saturated rings. The summed E-state index contributed by atoms with van der Waals surface area (Å²) in [7, 11) is 0. The monoisotopic (exact) mass is 343 g/mol. The Bertz CT molecular complexity index is 892. The highest BCUT2D eigenvalue weighted by Gasteiger charge is 2.11. The van der Waals surface area contributed by atoms with Gasteiger partial charge in [0.05, 0.1) is 11.8 Å². The Morgan fingerprint density at radius 3 is 2.83 bits per heavy atom. The third-order valence-corrected chi connectivity index (χ3v) is 3.85. The number of halogens is 1. The number of aryl methyl sites for hydroxylation is 1. The minimum atomic E-state index is -1.03. The van der Waals surface area contributed by atoms with Gasteiger partial charge in [-0.3, -0.25) is 0 Å². The number of carboxylic acids is 1. The van der Waals surface area contributed by atoms with Crippen molar-refractivity contribution >= 4 is 17.6 Å². The summed E-state index contributed by atoms with van der Waals surface area (Å²) < 4.78 is 7.21. The van der Waals surface area contributed by atoms with E-state index in [4.69, 9.17) is 21.4 Å². The zero-order chi connectivity index (χ0) is 17.1. The van der Waals surface area contributed by atoms with Gasteiger partial charge in [0.25, 0.3) is 0 Å². The van der Waals surface area contributed by atoms with Crippen LogP contribution in [0, 0.1) is 6.92 Å². The molecule has 0 aliphatic carbocycles. The number of hydrogen-bond donors (Lipinski definition) is 1. The second kappa shape index (κ2) is 6.72. The summed E-state index contributed by atoms with van der Waals surface area (Å²) in [5.41, 5.74) is 2.05. The minimum absolute atomic E-state index is 0.131. The quantitative estimate of drug-likeness (QED) is 0.767. The molecule has 0 radical (unpaired) electrons. The van der Waals surface area contributed by atoms with Gasteiger partial charge in [-0.1, -0.05) is 23.7 Å². The smallest absolute Gasteiger partial charge is 0.335 e. The zero-order valence-electron chi connectivity index (χ0n) is 12.8. The largest absolute Gasteiger partial charge is 0.478 e. The van der Waals surface area contributed by atoms with E-state index in [1.807, 2.05) is 25.1 Å². The Labute approximate surface area is 143 Å². The van der Waals surface area contributed by atoms with E-state index in [-0.39, 0.29) is 5.56 Å². The van der Waals surface area contributed by atoms with E-state index < -0.39 is 5.97 Å². The van der Waals surface area contributed by atoms with E-state index in [1.54, 1.807) is 12.3 Å². The molecule has 0 unspecified atom stereocenters. The molecule has 0 atom stereocenters. The molecule has 2 heterocycles. The first kappa shape index (κ1) is 16.0. The first-order valence-electron chi connectivity index (χ1n) is 7.16. The molecule has 0 amide bonds. The number of rotatable bonds is 5. The number of nitrogens with zero attached hydrogens (tertiary/aromatic N) is 3. The minimum Gasteiger partial charge on any atom is -0.478 e. The molecular weight excluding hydrogens is 330 g/mol. The van der Waals surface area contributed by atoms with E-state index in [2.05, 4.69) is 10.1 Å². The summed E-state index contributed by atoms with van der Waals surface area (Å²) >= 11 is 6.11. The van der Waals surface area contributed by atoms with Crippen molar-refractivity contribution in [1.29, 1.82) is 0 Å². The molecule has 3 rings (SSSR count). The van der Waals surface area contributed by atoms with Crippen molar-refractivity contribution in [2.45, 2.75) is 13.5 Å². The van der Waals surface area contributed by atoms with Gasteiger partial charge in [0.1, 0.15) is 6.61 Å². The molecule has 0 bridgehead atoms. The Hall–Kier alpha value is -2.86. The average Bonchev–Trinajstić information content (AvgIpc) is 3.04. The van der Waals surface area contributed by atoms with Gasteiger partial charge in [-0.2, -0.15) is 9.78 Å². The van der Waals surface area contributed by atoms with Gasteiger partial charge in [0, 0.05) is 17.3 Å². The zero-order valence-corrected chi connectivity index (χ0v) is 13.6. The summed E-state index contributed by atoms with van der Waals surface area (Å²) in [4.78, 5) is 15.2. The first-order valence-corrected chi connectivity index (χ1v) is 7.54. The Balaban J connectivity index is 1.81. The number of aromatic nitrogens is 3. The topological polar surface area (TPSA) is 77.2 Å². The summed E-state index contributed by atoms with van der Waals surface area (Å²) in [6.45, 7) is 2.24. The number of benzene rings is 1. The first-order chi connectivity index (χ1) is 11.5. The lowest BCUT2D eigenvalue weighted by atomic mass is 10.2. The maximum absolute atomic E-state index is 11.1. The predicted octanol–water partition coefficient (Wildman–Crippen LogP) is 3.51. The molecule has 0 aliphatic heterocycles. The molecule has 24 heavy (non-hydrogen) atoms. The second-order valence-electron chi connectivity index (χ2n) is 5.16. The average molecular weight is 344 g/mol. The second-order valence-corrected chi connectivity index (χ2v) is 5.57. The molecule has 0 spiro atoms. The molecule has 2 aromatic heterocycles. The fraction of sp³-hybridized carbons (Fsp3) is 0.118. The molecule has 0 saturated carbocycles. The molecule has 6 nitrogen and oxygen atoms in total. The molecule has 122 valence electrons. The lowest BCUT2D eigenvalue weighted by molar-refractivity contribution is 0.0696. The molecular formula is C17H14ClN3O3. The number of carbonyl (C=O) groups is 1. The Morgan fingerprint density at radius 1 is 1.25 bits per heavy atom. The highest BCUT2D eigenvalue weighted by atomic mass is 35.5. The standard InChI is InChI=1S/C17H14ClN3O3/c1-11-2-3-12(8-14(11)18)10-24-16-5-7-20-21(16)15-9-13(17(22)23)4-6-19-15/h2-9H,10H2,1H3,(H,22,23). The molecule has 7 heteroatoms. The van der Waals surface area contributed by atoms with Crippen LogP contribution >= 0.6 is 11.6 Å². The Kier molecular flexibility index (Phi) is 4.48. The van der Waals surface area contributed by atoms with Crippen LogP contribution in [0.15, 0.2) is 48.8 Å². The van der Waals surface area contributed by atoms with Crippen molar-refractivity contribution in [2.24, 2.45) is 0 Å². The summed E-state index contributed by atoms with van der Waals surface area (Å²) in [5.74, 6) is -0.193. The van der Waals surface area contributed by atoms with E-state index in [0.717, 1.165) is 11.1 Å². The van der Waals surface area contributed by atoms with Crippen LogP contribution in [0.5, 0.6) is 5.88 Å². The highest BCUT2D eigenvalue weighted by Crippen LogP contribution is 2.20. The molecule has 0 saturated heterocycles. The van der Waals surface area contributed by atoms with Crippen LogP contribution in [0.1, 0.15) is 21.5 Å². The van der Waals surface area contributed by atoms with Crippen molar-refractivity contribution < 1.29 is 14.6 Å². The van der Waals surface area contributed by atoms with Crippen LogP contribution in [0.4, 0.5) is 0 Å². The summed E-state index contributed by atoms with van der Waals surface area (Å²) in [6, 6.07) is 10.3. The number of hydrogen-bond acceptors (Lipinski definition) is 4. The lowest BCUT2D eigenvalue weighted by Gasteiger charge is -2.10. The van der Waals surface area contributed by atoms with Crippen molar-refractivity contribution in [2.75, 3.05) is 0 Å². The van der Waals surface area contributed by atoms with Crippen LogP contribution in [0.2, 0.25) is 5.02 Å². The highest BCUT2D eigenvalue weighted by molar-refractivity contribution is 6.31. The van der Waals surface area contributed by atoms with Gasteiger partial charge in [-0.05, 0) is 36.2 Å². The van der Waals surface area contributed by atoms with Crippen LogP contribution in [-0.2, 0) is 6.61 Å². The van der Waals surface area contributed by atoms with Gasteiger partial charge >= 0.3 is 5.97 Å².